The van der Waals surface area contributed by atoms with Crippen LogP contribution in [-0.2, 0) is 41.7 Å². The molecule has 1 aliphatic rings. The first-order valence-corrected chi connectivity index (χ1v) is 20.4. The van der Waals surface area contributed by atoms with Crippen molar-refractivity contribution in [3.63, 3.8) is 0 Å². The average Bonchev–Trinajstić information content (AvgIpc) is 3.73. The van der Waals surface area contributed by atoms with Crippen LogP contribution >= 0.6 is 0 Å². The van der Waals surface area contributed by atoms with Gasteiger partial charge in [-0.25, -0.2) is 14.8 Å². The number of aromatic amines is 1. The molecule has 0 radical (unpaired) electrons. The summed E-state index contributed by atoms with van der Waals surface area (Å²) in [6.45, 7) is 5.23. The third-order valence-electron chi connectivity index (χ3n) is 9.77. The molecule has 5 rings (SSSR count). The minimum atomic E-state index is -5.29. The van der Waals surface area contributed by atoms with Crippen LogP contribution in [0.4, 0.5) is 29.6 Å². The number of hydrogen-bond acceptors (Lipinski definition) is 12. The summed E-state index contributed by atoms with van der Waals surface area (Å²) >= 11 is 0. The van der Waals surface area contributed by atoms with Gasteiger partial charge in [-0.3, -0.25) is 39.2 Å². The van der Waals surface area contributed by atoms with E-state index < -0.39 is 59.8 Å². The van der Waals surface area contributed by atoms with Crippen LogP contribution < -0.4 is 31.7 Å². The van der Waals surface area contributed by atoms with Crippen molar-refractivity contribution >= 4 is 52.5 Å². The number of carbonyl (C=O) groups is 5. The molecule has 63 heavy (non-hydrogen) atoms. The first kappa shape index (κ1) is 47.6. The zero-order valence-corrected chi connectivity index (χ0v) is 35.0. The molecule has 0 bridgehead atoms. The molecule has 0 spiro atoms. The summed E-state index contributed by atoms with van der Waals surface area (Å²) in [5, 5.41) is 10.6. The highest BCUT2D eigenvalue weighted by Gasteiger charge is 2.43. The molecule has 5 N–H and O–H groups in total. The van der Waals surface area contributed by atoms with Crippen LogP contribution in [0.15, 0.2) is 65.6 Å². The quantitative estimate of drug-likeness (QED) is 0.0603. The van der Waals surface area contributed by atoms with Gasteiger partial charge in [-0.1, -0.05) is 44.2 Å². The Labute approximate surface area is 360 Å². The smallest absolute Gasteiger partial charge is 0.445 e. The van der Waals surface area contributed by atoms with Crippen molar-refractivity contribution in [1.82, 2.24) is 35.9 Å². The number of alkyl carbamates (subject to hydrolysis) is 1. The van der Waals surface area contributed by atoms with Gasteiger partial charge in [0.1, 0.15) is 6.61 Å². The summed E-state index contributed by atoms with van der Waals surface area (Å²) in [5.74, 6) is -4.90. The highest BCUT2D eigenvalue weighted by atomic mass is 19.4. The summed E-state index contributed by atoms with van der Waals surface area (Å²) in [6.07, 6.45) is -1.25. The van der Waals surface area contributed by atoms with E-state index in [1.165, 1.54) is 12.1 Å². The Hall–Kier alpha value is -6.48. The fraction of sp³-hybridized carbons (Fsp3) is 0.452. The Morgan fingerprint density at radius 3 is 2.22 bits per heavy atom. The van der Waals surface area contributed by atoms with Crippen LogP contribution in [0.5, 0.6) is 0 Å². The summed E-state index contributed by atoms with van der Waals surface area (Å²) in [5.41, 5.74) is -0.779. The van der Waals surface area contributed by atoms with Gasteiger partial charge in [-0.05, 0) is 56.0 Å². The number of fused-ring (bicyclic) bond motifs is 1. The number of alkyl halides is 3. The monoisotopic (exact) mass is 881 g/mol. The number of carbonyl (C=O) groups excluding carboxylic acids is 5. The number of nitrogens with zero attached hydrogens (tertiary/aromatic N) is 4. The van der Waals surface area contributed by atoms with Gasteiger partial charge in [0, 0.05) is 55.6 Å². The number of ether oxygens (including phenoxy) is 3. The molecule has 5 amide bonds. The van der Waals surface area contributed by atoms with E-state index in [9.17, 15) is 41.9 Å². The van der Waals surface area contributed by atoms with Gasteiger partial charge < -0.3 is 30.2 Å². The van der Waals surface area contributed by atoms with Crippen molar-refractivity contribution in [1.29, 1.82) is 0 Å². The second kappa shape index (κ2) is 22.0. The third kappa shape index (κ3) is 14.3. The van der Waals surface area contributed by atoms with E-state index in [1.807, 2.05) is 30.3 Å². The van der Waals surface area contributed by atoms with E-state index >= 15 is 0 Å². The number of anilines is 2. The maximum Gasteiger partial charge on any atom is 0.471 e. The summed E-state index contributed by atoms with van der Waals surface area (Å²) in [4.78, 5) is 89.7. The standard InChI is InChI=1S/C42H50F3N9O9/c1-26(2)35(56)52-39-51-34-33(37(58)53-39)50-30(23-48-34)24-54(38(59)42(43,44)45)31-14-12-29(13-15-31)36(57)49-27(3)11-16-32(55)46-19-21-62-41(17-7-8-18-41)63-22-20-47-40(60)61-25-28-9-5-4-6-10-28/h4-6,9-10,12-15,23,26-27H,7-8,11,16-22,24-25H2,1-3H3,(H,46,55)(H,47,60)(H,49,57)(H2,48,51,52,53,56,58)/t27-/m1/s1. The Morgan fingerprint density at radius 2 is 1.57 bits per heavy atom. The lowest BCUT2D eigenvalue weighted by Gasteiger charge is -2.29. The first-order chi connectivity index (χ1) is 30.0. The van der Waals surface area contributed by atoms with E-state index in [-0.39, 0.29) is 85.7 Å². The van der Waals surface area contributed by atoms with Crippen molar-refractivity contribution in [2.24, 2.45) is 5.92 Å². The molecule has 1 fully saturated rings. The van der Waals surface area contributed by atoms with Gasteiger partial charge in [-0.15, -0.1) is 0 Å². The fourth-order valence-corrected chi connectivity index (χ4v) is 6.39. The Morgan fingerprint density at radius 1 is 0.905 bits per heavy atom. The van der Waals surface area contributed by atoms with Gasteiger partial charge in [0.05, 0.1) is 31.6 Å². The maximum atomic E-state index is 13.7. The molecule has 1 saturated carbocycles. The number of hydrogen-bond donors (Lipinski definition) is 5. The van der Waals surface area contributed by atoms with Crippen molar-refractivity contribution < 1.29 is 51.4 Å². The predicted molar refractivity (Wildman–Crippen MR) is 222 cm³/mol. The molecule has 18 nitrogen and oxygen atoms in total. The number of amides is 5. The lowest BCUT2D eigenvalue weighted by atomic mass is 10.1. The normalized spacial score (nSPS) is 13.9. The van der Waals surface area contributed by atoms with Crippen molar-refractivity contribution in [2.45, 2.75) is 90.5 Å². The molecule has 4 aromatic rings. The Balaban J connectivity index is 1.05. The average molecular weight is 882 g/mol. The predicted octanol–water partition coefficient (Wildman–Crippen LogP) is 4.65. The molecule has 0 saturated heterocycles. The summed E-state index contributed by atoms with van der Waals surface area (Å²) < 4.78 is 58.5. The number of H-pyrrole nitrogens is 1. The lowest BCUT2D eigenvalue weighted by molar-refractivity contribution is -0.230. The van der Waals surface area contributed by atoms with Crippen LogP contribution in [0.25, 0.3) is 11.2 Å². The Kier molecular flexibility index (Phi) is 16.6. The van der Waals surface area contributed by atoms with Crippen molar-refractivity contribution in [2.75, 3.05) is 36.5 Å². The minimum Gasteiger partial charge on any atom is -0.445 e. The van der Waals surface area contributed by atoms with Crippen molar-refractivity contribution in [3.8, 4) is 0 Å². The van der Waals surface area contributed by atoms with Crippen LogP contribution in [0, 0.1) is 5.92 Å². The largest absolute Gasteiger partial charge is 0.471 e. The van der Waals surface area contributed by atoms with Gasteiger partial charge in [0.25, 0.3) is 11.5 Å². The van der Waals surface area contributed by atoms with E-state index in [4.69, 9.17) is 14.2 Å². The maximum absolute atomic E-state index is 13.7. The van der Waals surface area contributed by atoms with Crippen LogP contribution in [-0.4, -0.2) is 94.0 Å². The lowest BCUT2D eigenvalue weighted by Crippen LogP contribution is -2.41. The van der Waals surface area contributed by atoms with Crippen LogP contribution in [0.3, 0.4) is 0 Å². The first-order valence-electron chi connectivity index (χ1n) is 20.4. The zero-order chi connectivity index (χ0) is 45.6. The highest BCUT2D eigenvalue weighted by Crippen LogP contribution is 2.34. The number of benzene rings is 2. The number of halogens is 3. The van der Waals surface area contributed by atoms with Gasteiger partial charge >= 0.3 is 18.2 Å². The second-order valence-corrected chi connectivity index (χ2v) is 15.1. The molecule has 0 unspecified atom stereocenters. The summed E-state index contributed by atoms with van der Waals surface area (Å²) in [6, 6.07) is 13.7. The SMILES string of the molecule is CC(C)C(=O)Nc1nc2ncc(CN(C(=O)C(F)(F)F)c3ccc(C(=O)N[C@H](C)CCC(=O)NCCOC4(OCCNC(=O)OCc5ccccc5)CCCC4)cc3)nc2c(=O)[nH]1. The van der Waals surface area contributed by atoms with Crippen molar-refractivity contribution in [3.05, 3.63) is 88.0 Å². The molecule has 2 aromatic carbocycles. The topological polar surface area (TPSA) is 236 Å². The molecule has 338 valence electrons. The van der Waals surface area contributed by atoms with Crippen LogP contribution in [0.2, 0.25) is 0 Å². The molecular formula is C42H50F3N9O9. The molecular weight excluding hydrogens is 832 g/mol. The van der Waals surface area contributed by atoms with Crippen LogP contribution in [0.1, 0.15) is 80.9 Å². The van der Waals surface area contributed by atoms with Gasteiger partial charge in [0.15, 0.2) is 17.0 Å². The zero-order valence-electron chi connectivity index (χ0n) is 35.0. The number of nitrogens with one attached hydrogen (secondary N) is 5. The minimum absolute atomic E-state index is 0.0805. The molecule has 2 heterocycles. The van der Waals surface area contributed by atoms with E-state index in [0.717, 1.165) is 36.7 Å². The number of aromatic nitrogens is 4. The molecule has 1 atom stereocenters. The van der Waals surface area contributed by atoms with Gasteiger partial charge in [0.2, 0.25) is 17.8 Å². The Bertz CT molecular complexity index is 2270. The molecule has 21 heteroatoms. The fourth-order valence-electron chi connectivity index (χ4n) is 6.39. The summed E-state index contributed by atoms with van der Waals surface area (Å²) in [7, 11) is 0. The van der Waals surface area contributed by atoms with E-state index in [0.29, 0.717) is 17.7 Å². The number of rotatable bonds is 20. The molecule has 0 aliphatic heterocycles. The van der Waals surface area contributed by atoms with E-state index in [2.05, 4.69) is 41.2 Å². The third-order valence-corrected chi connectivity index (χ3v) is 9.77. The highest BCUT2D eigenvalue weighted by molar-refractivity contribution is 5.99. The van der Waals surface area contributed by atoms with E-state index in [1.54, 1.807) is 20.8 Å². The molecule has 1 aliphatic carbocycles. The second-order valence-electron chi connectivity index (χ2n) is 15.1. The molecule has 2 aromatic heterocycles. The van der Waals surface area contributed by atoms with Gasteiger partial charge in [-0.2, -0.15) is 18.2 Å².